The fourth-order valence-electron chi connectivity index (χ4n) is 5.30. The smallest absolute Gasteiger partial charge is 0.255 e. The van der Waals surface area contributed by atoms with Gasteiger partial charge in [-0.15, -0.1) is 0 Å². The second-order valence-corrected chi connectivity index (χ2v) is 10.4. The van der Waals surface area contributed by atoms with Crippen molar-refractivity contribution in [2.24, 2.45) is 23.7 Å². The minimum atomic E-state index is -0.273. The SMILES string of the molecule is Cc1ccccc1NC(=O)c1cccc(N2C(=O)[C@@H]3[C@@H]4C[C@H]([C@H](Br)[C@@H]4Br)[C@@H]3C2=O)c1. The zero-order valence-electron chi connectivity index (χ0n) is 16.2. The Bertz CT molecular complexity index is 1040. The van der Waals surface area contributed by atoms with Crippen LogP contribution in [-0.4, -0.2) is 27.4 Å². The molecule has 0 unspecified atom stereocenters. The van der Waals surface area contributed by atoms with Crippen LogP contribution in [0.15, 0.2) is 48.5 Å². The van der Waals surface area contributed by atoms with Gasteiger partial charge in [-0.05, 0) is 55.0 Å². The molecule has 3 aliphatic rings. The van der Waals surface area contributed by atoms with Crippen LogP contribution >= 0.6 is 31.9 Å². The van der Waals surface area contributed by atoms with Crippen molar-refractivity contribution < 1.29 is 14.4 Å². The molecule has 1 heterocycles. The summed E-state index contributed by atoms with van der Waals surface area (Å²) in [5.41, 5.74) is 2.57. The van der Waals surface area contributed by atoms with Crippen LogP contribution in [0, 0.1) is 30.6 Å². The summed E-state index contributed by atoms with van der Waals surface area (Å²) in [5, 5.41) is 2.90. The van der Waals surface area contributed by atoms with Crippen LogP contribution in [0.25, 0.3) is 0 Å². The van der Waals surface area contributed by atoms with Gasteiger partial charge in [0.1, 0.15) is 0 Å². The summed E-state index contributed by atoms with van der Waals surface area (Å²) in [4.78, 5) is 40.9. The molecule has 2 aromatic rings. The van der Waals surface area contributed by atoms with E-state index in [0.717, 1.165) is 17.7 Å². The van der Waals surface area contributed by atoms with Crippen LogP contribution in [0.1, 0.15) is 22.3 Å². The number of imide groups is 1. The van der Waals surface area contributed by atoms with Gasteiger partial charge in [-0.2, -0.15) is 0 Å². The summed E-state index contributed by atoms with van der Waals surface area (Å²) < 4.78 is 0. The van der Waals surface area contributed by atoms with E-state index in [0.29, 0.717) is 11.3 Å². The average molecular weight is 532 g/mol. The lowest BCUT2D eigenvalue weighted by Crippen LogP contribution is -2.37. The number of anilines is 2. The van der Waals surface area contributed by atoms with Crippen LogP contribution < -0.4 is 10.2 Å². The number of aryl methyl sites for hydroxylation is 1. The van der Waals surface area contributed by atoms with Gasteiger partial charge in [-0.3, -0.25) is 19.3 Å². The Morgan fingerprint density at radius 2 is 1.60 bits per heavy atom. The number of carbonyl (C=O) groups is 3. The van der Waals surface area contributed by atoms with Crippen LogP contribution in [0.5, 0.6) is 0 Å². The zero-order valence-corrected chi connectivity index (χ0v) is 19.4. The van der Waals surface area contributed by atoms with Gasteiger partial charge in [0.25, 0.3) is 5.91 Å². The molecule has 5 nitrogen and oxygen atoms in total. The van der Waals surface area contributed by atoms with Gasteiger partial charge in [0.2, 0.25) is 11.8 Å². The third-order valence-corrected chi connectivity index (χ3v) is 9.95. The number of hydrogen-bond acceptors (Lipinski definition) is 3. The highest BCUT2D eigenvalue weighted by molar-refractivity contribution is 9.12. The molecule has 2 saturated carbocycles. The molecule has 0 radical (unpaired) electrons. The van der Waals surface area contributed by atoms with Crippen LogP contribution in [0.2, 0.25) is 0 Å². The van der Waals surface area contributed by atoms with Gasteiger partial charge in [-0.25, -0.2) is 0 Å². The third kappa shape index (κ3) is 2.89. The van der Waals surface area contributed by atoms with Crippen molar-refractivity contribution in [2.75, 3.05) is 10.2 Å². The minimum Gasteiger partial charge on any atom is -0.322 e. The number of halogens is 2. The first-order valence-electron chi connectivity index (χ1n) is 10.0. The van der Waals surface area contributed by atoms with Crippen molar-refractivity contribution in [3.8, 4) is 0 Å². The van der Waals surface area contributed by atoms with E-state index in [-0.39, 0.29) is 51.0 Å². The van der Waals surface area contributed by atoms with E-state index < -0.39 is 0 Å². The number of fused-ring (bicyclic) bond motifs is 5. The van der Waals surface area contributed by atoms with Crippen LogP contribution in [-0.2, 0) is 9.59 Å². The lowest BCUT2D eigenvalue weighted by atomic mass is 9.81. The molecule has 154 valence electrons. The number of alkyl halides is 2. The predicted molar refractivity (Wildman–Crippen MR) is 122 cm³/mol. The van der Waals surface area contributed by atoms with Gasteiger partial charge in [0.15, 0.2) is 0 Å². The maximum Gasteiger partial charge on any atom is 0.255 e. The Labute approximate surface area is 191 Å². The first-order valence-corrected chi connectivity index (χ1v) is 11.8. The summed E-state index contributed by atoms with van der Waals surface area (Å²) in [5.74, 6) is -0.769. The molecule has 7 heteroatoms. The quantitative estimate of drug-likeness (QED) is 0.467. The summed E-state index contributed by atoms with van der Waals surface area (Å²) in [6.45, 7) is 1.93. The molecule has 5 rings (SSSR count). The van der Waals surface area contributed by atoms with Crippen LogP contribution in [0.4, 0.5) is 11.4 Å². The first-order chi connectivity index (χ1) is 14.4. The molecule has 0 aromatic heterocycles. The third-order valence-electron chi connectivity index (χ3n) is 6.75. The summed E-state index contributed by atoms with van der Waals surface area (Å²) in [6.07, 6.45) is 0.894. The van der Waals surface area contributed by atoms with E-state index in [2.05, 4.69) is 37.2 Å². The Morgan fingerprint density at radius 1 is 0.967 bits per heavy atom. The van der Waals surface area contributed by atoms with E-state index >= 15 is 0 Å². The van der Waals surface area contributed by atoms with E-state index in [9.17, 15) is 14.4 Å². The molecular weight excluding hydrogens is 512 g/mol. The van der Waals surface area contributed by atoms with Crippen LogP contribution in [0.3, 0.4) is 0 Å². The predicted octanol–water partition coefficient (Wildman–Crippen LogP) is 4.53. The normalized spacial score (nSPS) is 31.9. The Hall–Kier alpha value is -1.99. The lowest BCUT2D eigenvalue weighted by molar-refractivity contribution is -0.123. The molecule has 0 spiro atoms. The maximum atomic E-state index is 13.2. The zero-order chi connectivity index (χ0) is 21.2. The molecule has 2 aromatic carbocycles. The molecule has 1 saturated heterocycles. The number of nitrogens with one attached hydrogen (secondary N) is 1. The second kappa shape index (κ2) is 7.31. The van der Waals surface area contributed by atoms with Gasteiger partial charge < -0.3 is 5.32 Å². The highest BCUT2D eigenvalue weighted by Gasteiger charge is 2.66. The number of hydrogen-bond donors (Lipinski definition) is 1. The number of carbonyl (C=O) groups excluding carboxylic acids is 3. The molecule has 1 N–H and O–H groups in total. The van der Waals surface area contributed by atoms with E-state index in [1.165, 1.54) is 4.90 Å². The molecule has 6 atom stereocenters. The fourth-order valence-corrected chi connectivity index (χ4v) is 7.17. The van der Waals surface area contributed by atoms with Gasteiger partial charge in [0.05, 0.1) is 17.5 Å². The molecule has 2 aliphatic carbocycles. The lowest BCUT2D eigenvalue weighted by Gasteiger charge is -2.28. The number of nitrogens with zero attached hydrogens (tertiary/aromatic N) is 1. The van der Waals surface area contributed by atoms with Gasteiger partial charge in [0, 0.05) is 20.9 Å². The maximum absolute atomic E-state index is 13.2. The molecule has 2 bridgehead atoms. The van der Waals surface area contributed by atoms with Crippen molar-refractivity contribution in [3.63, 3.8) is 0 Å². The number of amides is 3. The number of rotatable bonds is 3. The molecule has 1 aliphatic heterocycles. The Kier molecular flexibility index (Phi) is 4.86. The van der Waals surface area contributed by atoms with Gasteiger partial charge in [-0.1, -0.05) is 56.1 Å². The largest absolute Gasteiger partial charge is 0.322 e. The second-order valence-electron chi connectivity index (χ2n) is 8.34. The van der Waals surface area contributed by atoms with Crippen molar-refractivity contribution in [1.29, 1.82) is 0 Å². The first kappa shape index (κ1) is 19.9. The fraction of sp³-hybridized carbons (Fsp3) is 0.348. The topological polar surface area (TPSA) is 66.5 Å². The van der Waals surface area contributed by atoms with Crippen molar-refractivity contribution in [2.45, 2.75) is 23.0 Å². The summed E-state index contributed by atoms with van der Waals surface area (Å²) in [6, 6.07) is 14.3. The summed E-state index contributed by atoms with van der Waals surface area (Å²) in [7, 11) is 0. The molecule has 30 heavy (non-hydrogen) atoms. The standard InChI is InChI=1S/C23H20Br2N2O3/c1-11-5-2-3-8-16(11)26-21(28)12-6-4-7-13(9-12)27-22(29)17-14-10-15(18(17)23(27)30)20(25)19(14)24/h2-9,14-15,17-20H,10H2,1H3,(H,26,28)/t14-,15-,17-,18+,19-,20+/m0/s1. The van der Waals surface area contributed by atoms with E-state index in [4.69, 9.17) is 0 Å². The average Bonchev–Trinajstić information content (AvgIpc) is 3.34. The highest BCUT2D eigenvalue weighted by atomic mass is 79.9. The van der Waals surface area contributed by atoms with Gasteiger partial charge >= 0.3 is 0 Å². The monoisotopic (exact) mass is 530 g/mol. The minimum absolute atomic E-state index is 0.141. The van der Waals surface area contributed by atoms with Crippen molar-refractivity contribution >= 4 is 61.0 Å². The number of benzene rings is 2. The number of para-hydroxylation sites is 1. The molecule has 3 amide bonds. The molecular formula is C23H20Br2N2O3. The highest BCUT2D eigenvalue weighted by Crippen LogP contribution is 2.60. The van der Waals surface area contributed by atoms with Crippen molar-refractivity contribution in [1.82, 2.24) is 0 Å². The van der Waals surface area contributed by atoms with Crippen molar-refractivity contribution in [3.05, 3.63) is 59.7 Å². The van der Waals surface area contributed by atoms with E-state index in [1.807, 2.05) is 31.2 Å². The Morgan fingerprint density at radius 3 is 2.23 bits per heavy atom. The summed E-state index contributed by atoms with van der Waals surface area (Å²) >= 11 is 7.41. The Balaban J connectivity index is 1.42. The molecule has 3 fully saturated rings. The van der Waals surface area contributed by atoms with E-state index in [1.54, 1.807) is 24.3 Å².